The number of hydrogen-bond acceptors (Lipinski definition) is 4. The average Bonchev–Trinajstić information content (AvgIpc) is 2.96. The second-order valence-electron chi connectivity index (χ2n) is 8.44. The molecule has 2 fully saturated rings. The van der Waals surface area contributed by atoms with Crippen molar-refractivity contribution in [1.82, 2.24) is 19.4 Å². The Kier molecular flexibility index (Phi) is 6.88. The van der Waals surface area contributed by atoms with Gasteiger partial charge in [0.1, 0.15) is 0 Å². The number of carbonyl (C=O) groups excluding carboxylic acids is 1. The van der Waals surface area contributed by atoms with Crippen molar-refractivity contribution in [3.8, 4) is 0 Å². The highest BCUT2D eigenvalue weighted by molar-refractivity contribution is 5.77. The third-order valence-electron chi connectivity index (χ3n) is 6.25. The Balaban J connectivity index is 1.62. The summed E-state index contributed by atoms with van der Waals surface area (Å²) in [4.78, 5) is 20.2. The Hall–Kier alpha value is -1.61. The van der Waals surface area contributed by atoms with Gasteiger partial charge in [-0.1, -0.05) is 19.3 Å². The molecule has 29 heavy (non-hydrogen) atoms. The maximum Gasteiger partial charge on any atom is 0.425 e. The van der Waals surface area contributed by atoms with Gasteiger partial charge in [-0.05, 0) is 31.7 Å². The molecule has 6 nitrogen and oxygen atoms in total. The van der Waals surface area contributed by atoms with Crippen LogP contribution in [0.5, 0.6) is 0 Å². The van der Waals surface area contributed by atoms with Gasteiger partial charge in [-0.25, -0.2) is 4.98 Å². The largest absolute Gasteiger partial charge is 0.425 e. The van der Waals surface area contributed by atoms with Gasteiger partial charge in [-0.15, -0.1) is 0 Å². The summed E-state index contributed by atoms with van der Waals surface area (Å²) in [5.41, 5.74) is -3.30. The van der Waals surface area contributed by atoms with E-state index in [1.165, 1.54) is 56.4 Å². The molecule has 1 saturated carbocycles. The molecule has 0 radical (unpaired) electrons. The molecule has 1 aliphatic heterocycles. The molecule has 0 bridgehead atoms. The number of aromatic nitrogens is 2. The fraction of sp³-hybridized carbons (Fsp3) is 0.800. The molecule has 1 unspecified atom stereocenters. The second-order valence-corrected chi connectivity index (χ2v) is 8.44. The summed E-state index contributed by atoms with van der Waals surface area (Å²) in [6, 6.07) is 0. The van der Waals surface area contributed by atoms with E-state index in [9.17, 15) is 23.1 Å². The normalized spacial score (nSPS) is 22.3. The number of nitrogens with zero attached hydrogens (tertiary/aromatic N) is 4. The van der Waals surface area contributed by atoms with Crippen LogP contribution in [0.15, 0.2) is 12.4 Å². The molecule has 0 spiro atoms. The zero-order chi connectivity index (χ0) is 21.1. The quantitative estimate of drug-likeness (QED) is 0.802. The Morgan fingerprint density at radius 3 is 2.48 bits per heavy atom. The molecule has 9 heteroatoms. The average molecular weight is 416 g/mol. The summed E-state index contributed by atoms with van der Waals surface area (Å²) in [6.07, 6.45) is 3.51. The van der Waals surface area contributed by atoms with Gasteiger partial charge in [0.2, 0.25) is 11.5 Å². The number of alkyl halides is 3. The van der Waals surface area contributed by atoms with Crippen molar-refractivity contribution in [3.05, 3.63) is 18.2 Å². The number of amides is 1. The number of aryl methyl sites for hydroxylation is 1. The number of hydrogen-bond donors (Lipinski definition) is 1. The van der Waals surface area contributed by atoms with Crippen molar-refractivity contribution in [2.75, 3.05) is 32.7 Å². The lowest BCUT2D eigenvalue weighted by Gasteiger charge is -2.32. The highest BCUT2D eigenvalue weighted by atomic mass is 19.4. The van der Waals surface area contributed by atoms with Crippen LogP contribution in [-0.4, -0.2) is 69.3 Å². The van der Waals surface area contributed by atoms with E-state index in [1.54, 1.807) is 0 Å². The van der Waals surface area contributed by atoms with E-state index in [1.807, 2.05) is 0 Å². The maximum atomic E-state index is 13.7. The first-order valence-corrected chi connectivity index (χ1v) is 10.5. The summed E-state index contributed by atoms with van der Waals surface area (Å²) in [7, 11) is 1.37. The van der Waals surface area contributed by atoms with Crippen LogP contribution >= 0.6 is 0 Å². The lowest BCUT2D eigenvalue weighted by atomic mass is 9.89. The third-order valence-corrected chi connectivity index (χ3v) is 6.25. The Morgan fingerprint density at radius 1 is 1.14 bits per heavy atom. The van der Waals surface area contributed by atoms with E-state index >= 15 is 0 Å². The predicted octanol–water partition coefficient (Wildman–Crippen LogP) is 2.67. The predicted molar refractivity (Wildman–Crippen MR) is 102 cm³/mol. The monoisotopic (exact) mass is 416 g/mol. The van der Waals surface area contributed by atoms with E-state index in [2.05, 4.69) is 9.88 Å². The van der Waals surface area contributed by atoms with Gasteiger partial charge in [-0.2, -0.15) is 13.2 Å². The first kappa shape index (κ1) is 22.1. The van der Waals surface area contributed by atoms with Gasteiger partial charge in [0.05, 0.1) is 6.42 Å². The van der Waals surface area contributed by atoms with E-state index in [-0.39, 0.29) is 0 Å². The van der Waals surface area contributed by atoms with Crippen LogP contribution in [0.3, 0.4) is 0 Å². The molecule has 3 rings (SSSR count). The molecule has 1 N–H and O–H groups in total. The molecular formula is C20H31F3N4O2. The van der Waals surface area contributed by atoms with Crippen LogP contribution in [0.1, 0.15) is 50.8 Å². The van der Waals surface area contributed by atoms with Gasteiger partial charge in [-0.3, -0.25) is 4.79 Å². The molecule has 0 aromatic carbocycles. The smallest absolute Gasteiger partial charge is 0.374 e. The van der Waals surface area contributed by atoms with E-state index in [4.69, 9.17) is 0 Å². The van der Waals surface area contributed by atoms with Crippen LogP contribution in [0.25, 0.3) is 0 Å². The lowest BCUT2D eigenvalue weighted by Crippen LogP contribution is -2.49. The van der Waals surface area contributed by atoms with Crippen molar-refractivity contribution >= 4 is 5.91 Å². The number of imidazole rings is 1. The van der Waals surface area contributed by atoms with Gasteiger partial charge in [0.25, 0.3) is 0 Å². The summed E-state index contributed by atoms with van der Waals surface area (Å²) < 4.78 is 42.2. The SMILES string of the molecule is Cn1ccnc1C(O)(CC(=O)N1CCCN(CC2CCCCC2)CC1)C(F)(F)F. The van der Waals surface area contributed by atoms with E-state index in [0.29, 0.717) is 25.6 Å². The molecule has 1 aliphatic carbocycles. The van der Waals surface area contributed by atoms with E-state index in [0.717, 1.165) is 24.1 Å². The Bertz CT molecular complexity index is 688. The molecule has 1 saturated heterocycles. The number of halogens is 3. The van der Waals surface area contributed by atoms with E-state index < -0.39 is 29.9 Å². The highest BCUT2D eigenvalue weighted by Crippen LogP contribution is 2.41. The van der Waals surface area contributed by atoms with Gasteiger partial charge in [0.15, 0.2) is 5.82 Å². The molecular weight excluding hydrogens is 385 g/mol. The van der Waals surface area contributed by atoms with Crippen LogP contribution in [0.2, 0.25) is 0 Å². The van der Waals surface area contributed by atoms with Gasteiger partial charge in [0, 0.05) is 45.6 Å². The van der Waals surface area contributed by atoms with Crippen molar-refractivity contribution in [1.29, 1.82) is 0 Å². The van der Waals surface area contributed by atoms with Crippen LogP contribution in [0.4, 0.5) is 13.2 Å². The van der Waals surface area contributed by atoms with Crippen LogP contribution in [0, 0.1) is 5.92 Å². The van der Waals surface area contributed by atoms with Crippen LogP contribution < -0.4 is 0 Å². The fourth-order valence-electron chi connectivity index (χ4n) is 4.54. The molecule has 164 valence electrons. The molecule has 1 amide bonds. The van der Waals surface area contributed by atoms with Crippen molar-refractivity contribution in [3.63, 3.8) is 0 Å². The zero-order valence-electron chi connectivity index (χ0n) is 17.0. The van der Waals surface area contributed by atoms with Crippen molar-refractivity contribution in [2.45, 2.75) is 56.7 Å². The maximum absolute atomic E-state index is 13.7. The number of rotatable bonds is 5. The lowest BCUT2D eigenvalue weighted by molar-refractivity contribution is -0.272. The molecule has 2 aliphatic rings. The molecule has 2 heterocycles. The van der Waals surface area contributed by atoms with Crippen molar-refractivity contribution < 1.29 is 23.1 Å². The Morgan fingerprint density at radius 2 is 1.86 bits per heavy atom. The first-order valence-electron chi connectivity index (χ1n) is 10.5. The zero-order valence-corrected chi connectivity index (χ0v) is 17.0. The van der Waals surface area contributed by atoms with Crippen molar-refractivity contribution in [2.24, 2.45) is 13.0 Å². The summed E-state index contributed by atoms with van der Waals surface area (Å²) in [5, 5.41) is 10.5. The molecule has 1 atom stereocenters. The summed E-state index contributed by atoms with van der Waals surface area (Å²) >= 11 is 0. The minimum Gasteiger partial charge on any atom is -0.374 e. The standard InChI is InChI=1S/C20H31F3N4O2/c1-25-11-8-24-18(25)19(29,20(21,22)23)14-17(28)27-10-5-9-26(12-13-27)15-16-6-3-2-4-7-16/h8,11,16,29H,2-7,9-10,12-15H2,1H3. The fourth-order valence-corrected chi connectivity index (χ4v) is 4.54. The number of carbonyl (C=O) groups is 1. The Labute approximate surface area is 169 Å². The minimum atomic E-state index is -5.00. The van der Waals surface area contributed by atoms with Crippen LogP contribution in [-0.2, 0) is 17.4 Å². The highest BCUT2D eigenvalue weighted by Gasteiger charge is 2.59. The van der Waals surface area contributed by atoms with Gasteiger partial charge < -0.3 is 19.5 Å². The first-order chi connectivity index (χ1) is 13.7. The van der Waals surface area contributed by atoms with Gasteiger partial charge >= 0.3 is 6.18 Å². The topological polar surface area (TPSA) is 61.6 Å². The summed E-state index contributed by atoms with van der Waals surface area (Å²) in [5.74, 6) is -0.566. The summed E-state index contributed by atoms with van der Waals surface area (Å²) in [6.45, 7) is 3.31. The second kappa shape index (κ2) is 9.04. The molecule has 1 aromatic heterocycles. The minimum absolute atomic E-state index is 0.389. The third kappa shape index (κ3) is 5.12. The number of aliphatic hydroxyl groups is 1. The molecule has 1 aromatic rings.